The Morgan fingerprint density at radius 3 is 2.67 bits per heavy atom. The van der Waals surface area contributed by atoms with Crippen molar-refractivity contribution in [3.05, 3.63) is 63.2 Å². The molecular formula is C14H11ClN2O3S. The fourth-order valence-electron chi connectivity index (χ4n) is 1.74. The van der Waals surface area contributed by atoms with E-state index >= 15 is 0 Å². The predicted molar refractivity (Wildman–Crippen MR) is 84.3 cm³/mol. The van der Waals surface area contributed by atoms with Gasteiger partial charge in [0.05, 0.1) is 9.82 Å². The lowest BCUT2D eigenvalue weighted by Gasteiger charge is -2.06. The SMILES string of the molecule is CSc1ccc(C(=O)Nc2cccc(Cl)c2)cc1[N+](=O)[O-]. The Morgan fingerprint density at radius 1 is 1.29 bits per heavy atom. The van der Waals surface area contributed by atoms with E-state index in [-0.39, 0.29) is 11.3 Å². The number of nitrogens with one attached hydrogen (secondary N) is 1. The van der Waals surface area contributed by atoms with Crippen molar-refractivity contribution < 1.29 is 9.72 Å². The fourth-order valence-corrected chi connectivity index (χ4v) is 2.48. The van der Waals surface area contributed by atoms with Crippen molar-refractivity contribution in [3.63, 3.8) is 0 Å². The van der Waals surface area contributed by atoms with E-state index in [9.17, 15) is 14.9 Å². The quantitative estimate of drug-likeness (QED) is 0.519. The number of nitrogens with zero attached hydrogens (tertiary/aromatic N) is 1. The largest absolute Gasteiger partial charge is 0.322 e. The van der Waals surface area contributed by atoms with Crippen LogP contribution in [-0.2, 0) is 0 Å². The second-order valence-electron chi connectivity index (χ2n) is 4.11. The minimum absolute atomic E-state index is 0.0822. The zero-order valence-electron chi connectivity index (χ0n) is 11.0. The van der Waals surface area contributed by atoms with E-state index in [0.29, 0.717) is 15.6 Å². The summed E-state index contributed by atoms with van der Waals surface area (Å²) in [5.74, 6) is -0.423. The molecule has 0 aliphatic rings. The molecule has 0 aromatic heterocycles. The molecule has 0 saturated heterocycles. The second kappa shape index (κ2) is 6.60. The molecule has 0 unspecified atom stereocenters. The molecule has 2 aromatic rings. The van der Waals surface area contributed by atoms with E-state index in [0.717, 1.165) is 0 Å². The molecule has 1 amide bonds. The molecular weight excluding hydrogens is 312 g/mol. The van der Waals surface area contributed by atoms with Crippen LogP contribution in [0.15, 0.2) is 47.4 Å². The molecule has 0 heterocycles. The first-order chi connectivity index (χ1) is 10.0. The molecule has 2 aromatic carbocycles. The Labute approximate surface area is 130 Å². The van der Waals surface area contributed by atoms with E-state index in [1.54, 1.807) is 42.7 Å². The van der Waals surface area contributed by atoms with Crippen molar-refractivity contribution in [2.75, 3.05) is 11.6 Å². The van der Waals surface area contributed by atoms with Crippen molar-refractivity contribution in [1.29, 1.82) is 0 Å². The van der Waals surface area contributed by atoms with Gasteiger partial charge in [-0.1, -0.05) is 17.7 Å². The average Bonchev–Trinajstić information content (AvgIpc) is 2.46. The van der Waals surface area contributed by atoms with Crippen LogP contribution in [0.1, 0.15) is 10.4 Å². The van der Waals surface area contributed by atoms with Gasteiger partial charge in [0.15, 0.2) is 0 Å². The summed E-state index contributed by atoms with van der Waals surface area (Å²) in [6, 6.07) is 11.1. The zero-order valence-corrected chi connectivity index (χ0v) is 12.6. The second-order valence-corrected chi connectivity index (χ2v) is 5.39. The maximum absolute atomic E-state index is 12.1. The summed E-state index contributed by atoms with van der Waals surface area (Å²) >= 11 is 7.10. The normalized spacial score (nSPS) is 10.2. The molecule has 0 fully saturated rings. The number of rotatable bonds is 4. The van der Waals surface area contributed by atoms with Crippen LogP contribution in [0.4, 0.5) is 11.4 Å². The number of halogens is 1. The lowest BCUT2D eigenvalue weighted by molar-refractivity contribution is -0.387. The van der Waals surface area contributed by atoms with Gasteiger partial charge >= 0.3 is 0 Å². The Balaban J connectivity index is 2.27. The number of benzene rings is 2. The highest BCUT2D eigenvalue weighted by atomic mass is 35.5. The number of thioether (sulfide) groups is 1. The van der Waals surface area contributed by atoms with Crippen LogP contribution >= 0.6 is 23.4 Å². The summed E-state index contributed by atoms with van der Waals surface area (Å²) in [4.78, 5) is 23.1. The molecule has 1 N–H and O–H groups in total. The number of carbonyl (C=O) groups is 1. The van der Waals surface area contributed by atoms with Crippen LogP contribution in [0.25, 0.3) is 0 Å². The third kappa shape index (κ3) is 3.74. The first-order valence-corrected chi connectivity index (χ1v) is 7.51. The van der Waals surface area contributed by atoms with E-state index in [1.165, 1.54) is 17.8 Å². The molecule has 21 heavy (non-hydrogen) atoms. The van der Waals surface area contributed by atoms with Gasteiger partial charge in [-0.15, -0.1) is 11.8 Å². The summed E-state index contributed by atoms with van der Waals surface area (Å²) in [5, 5.41) is 14.1. The standard InChI is InChI=1S/C14H11ClN2O3S/c1-21-13-6-5-9(7-12(13)17(19)20)14(18)16-11-4-2-3-10(15)8-11/h2-8H,1H3,(H,16,18). The van der Waals surface area contributed by atoms with Gasteiger partial charge in [0.25, 0.3) is 11.6 Å². The van der Waals surface area contributed by atoms with E-state index in [2.05, 4.69) is 5.32 Å². The summed E-state index contributed by atoms with van der Waals surface area (Å²) in [6.45, 7) is 0. The number of hydrogen-bond acceptors (Lipinski definition) is 4. The average molecular weight is 323 g/mol. The maximum Gasteiger partial charge on any atom is 0.283 e. The number of hydrogen-bond donors (Lipinski definition) is 1. The van der Waals surface area contributed by atoms with Crippen molar-refractivity contribution in [1.82, 2.24) is 0 Å². The molecule has 0 aliphatic heterocycles. The van der Waals surface area contributed by atoms with E-state index < -0.39 is 10.8 Å². The fraction of sp³-hybridized carbons (Fsp3) is 0.0714. The number of nitro groups is 1. The molecule has 0 aliphatic carbocycles. The van der Waals surface area contributed by atoms with Crippen LogP contribution in [0, 0.1) is 10.1 Å². The van der Waals surface area contributed by atoms with E-state index in [4.69, 9.17) is 11.6 Å². The first-order valence-electron chi connectivity index (χ1n) is 5.90. The number of nitro benzene ring substituents is 1. The number of amides is 1. The Hall–Kier alpha value is -2.05. The Morgan fingerprint density at radius 2 is 2.05 bits per heavy atom. The summed E-state index contributed by atoms with van der Waals surface area (Å²) in [5.41, 5.74) is 0.671. The van der Waals surface area contributed by atoms with Crippen molar-refractivity contribution >= 4 is 40.6 Å². The minimum atomic E-state index is -0.498. The molecule has 108 valence electrons. The van der Waals surface area contributed by atoms with Gasteiger partial charge in [-0.25, -0.2) is 0 Å². The van der Waals surface area contributed by atoms with Gasteiger partial charge in [0.2, 0.25) is 0 Å². The Bertz CT molecular complexity index is 706. The molecule has 0 radical (unpaired) electrons. The smallest absolute Gasteiger partial charge is 0.283 e. The van der Waals surface area contributed by atoms with Gasteiger partial charge in [0.1, 0.15) is 0 Å². The van der Waals surface area contributed by atoms with Gasteiger partial charge < -0.3 is 5.32 Å². The highest BCUT2D eigenvalue weighted by molar-refractivity contribution is 7.98. The van der Waals surface area contributed by atoms with Crippen molar-refractivity contribution in [2.45, 2.75) is 4.90 Å². The third-order valence-electron chi connectivity index (χ3n) is 2.72. The molecule has 0 spiro atoms. The third-order valence-corrected chi connectivity index (χ3v) is 3.74. The summed E-state index contributed by atoms with van der Waals surface area (Å²) in [7, 11) is 0. The minimum Gasteiger partial charge on any atom is -0.322 e. The van der Waals surface area contributed by atoms with Crippen LogP contribution in [-0.4, -0.2) is 17.1 Å². The number of carbonyl (C=O) groups excluding carboxylic acids is 1. The van der Waals surface area contributed by atoms with Gasteiger partial charge in [-0.2, -0.15) is 0 Å². The van der Waals surface area contributed by atoms with Crippen LogP contribution in [0.5, 0.6) is 0 Å². The highest BCUT2D eigenvalue weighted by Crippen LogP contribution is 2.28. The zero-order chi connectivity index (χ0) is 15.4. The van der Waals surface area contributed by atoms with E-state index in [1.807, 2.05) is 0 Å². The molecule has 7 heteroatoms. The lowest BCUT2D eigenvalue weighted by Crippen LogP contribution is -2.12. The first kappa shape index (κ1) is 15.3. The Kier molecular flexibility index (Phi) is 4.82. The monoisotopic (exact) mass is 322 g/mol. The lowest BCUT2D eigenvalue weighted by atomic mass is 10.2. The molecule has 0 bridgehead atoms. The highest BCUT2D eigenvalue weighted by Gasteiger charge is 2.17. The topological polar surface area (TPSA) is 72.2 Å². The molecule has 2 rings (SSSR count). The van der Waals surface area contributed by atoms with Crippen molar-refractivity contribution in [2.24, 2.45) is 0 Å². The van der Waals surface area contributed by atoms with Gasteiger partial charge in [-0.05, 0) is 36.6 Å². The summed E-state index contributed by atoms with van der Waals surface area (Å²) in [6.07, 6.45) is 1.74. The molecule has 0 atom stereocenters. The maximum atomic E-state index is 12.1. The summed E-state index contributed by atoms with van der Waals surface area (Å²) < 4.78 is 0. The molecule has 0 saturated carbocycles. The van der Waals surface area contributed by atoms with Crippen molar-refractivity contribution in [3.8, 4) is 0 Å². The van der Waals surface area contributed by atoms with Crippen LogP contribution in [0.3, 0.4) is 0 Å². The van der Waals surface area contributed by atoms with Crippen LogP contribution in [0.2, 0.25) is 5.02 Å². The van der Waals surface area contributed by atoms with Crippen LogP contribution < -0.4 is 5.32 Å². The molecule has 5 nitrogen and oxygen atoms in total. The predicted octanol–water partition coefficient (Wildman–Crippen LogP) is 4.22. The number of anilines is 1. The van der Waals surface area contributed by atoms with Gasteiger partial charge in [0, 0.05) is 22.3 Å². The van der Waals surface area contributed by atoms with Gasteiger partial charge in [-0.3, -0.25) is 14.9 Å².